The molecular formula is C21H19ClFN3OS. The van der Waals surface area contributed by atoms with Gasteiger partial charge < -0.3 is 0 Å². The van der Waals surface area contributed by atoms with Crippen LogP contribution in [0.1, 0.15) is 37.7 Å². The molecule has 144 valence electrons. The number of hydrogen-bond acceptors (Lipinski definition) is 4. The Morgan fingerprint density at radius 1 is 1.25 bits per heavy atom. The van der Waals surface area contributed by atoms with Crippen LogP contribution in [0.2, 0.25) is 5.02 Å². The fourth-order valence-electron chi connectivity index (χ4n) is 3.54. The zero-order valence-corrected chi connectivity index (χ0v) is 16.7. The molecule has 1 aliphatic heterocycles. The molecule has 0 bridgehead atoms. The van der Waals surface area contributed by atoms with Gasteiger partial charge in [-0.3, -0.25) is 14.7 Å². The van der Waals surface area contributed by atoms with Crippen molar-refractivity contribution in [2.45, 2.75) is 38.1 Å². The minimum atomic E-state index is -0.327. The van der Waals surface area contributed by atoms with Crippen molar-refractivity contribution in [2.24, 2.45) is 4.99 Å². The van der Waals surface area contributed by atoms with Crippen molar-refractivity contribution < 1.29 is 9.18 Å². The maximum absolute atomic E-state index is 13.5. The number of amidine groups is 1. The van der Waals surface area contributed by atoms with E-state index in [-0.39, 0.29) is 17.8 Å². The maximum Gasteiger partial charge on any atom is 0.267 e. The molecule has 0 unspecified atom stereocenters. The highest BCUT2D eigenvalue weighted by Gasteiger charge is 2.38. The molecule has 1 amide bonds. The molecule has 1 aromatic heterocycles. The molecule has 1 saturated heterocycles. The molecule has 2 aromatic rings. The number of rotatable bonds is 3. The van der Waals surface area contributed by atoms with Crippen LogP contribution >= 0.6 is 23.4 Å². The minimum absolute atomic E-state index is 0.0786. The Hall–Kier alpha value is -2.18. The molecule has 1 aliphatic carbocycles. The molecule has 0 N–H and O–H groups in total. The Balaban J connectivity index is 1.72. The van der Waals surface area contributed by atoms with Crippen LogP contribution in [-0.4, -0.2) is 27.0 Å². The molecule has 2 aliphatic rings. The number of nitrogens with zero attached hydrogens (tertiary/aromatic N) is 3. The van der Waals surface area contributed by atoms with Gasteiger partial charge in [-0.1, -0.05) is 43.0 Å². The number of pyridine rings is 1. The zero-order chi connectivity index (χ0) is 19.5. The van der Waals surface area contributed by atoms with Crippen LogP contribution in [0, 0.1) is 5.82 Å². The standard InChI is InChI=1S/C21H19ClFN3OS/c22-17-13-24-10-9-18(17)25-21-26(16-7-2-1-3-8-16)20(27)19(28-21)12-14-5-4-6-15(23)11-14/h4-6,9-13,16H,1-3,7-8H2/b19-12-,25-21?. The summed E-state index contributed by atoms with van der Waals surface area (Å²) >= 11 is 7.53. The molecule has 2 fully saturated rings. The van der Waals surface area contributed by atoms with Crippen molar-refractivity contribution in [2.75, 3.05) is 0 Å². The van der Waals surface area contributed by atoms with Gasteiger partial charge in [0.05, 0.1) is 15.6 Å². The molecule has 28 heavy (non-hydrogen) atoms. The summed E-state index contributed by atoms with van der Waals surface area (Å²) in [6.45, 7) is 0. The van der Waals surface area contributed by atoms with Gasteiger partial charge in [0, 0.05) is 18.4 Å². The number of aromatic nitrogens is 1. The van der Waals surface area contributed by atoms with Gasteiger partial charge in [0.2, 0.25) is 0 Å². The lowest BCUT2D eigenvalue weighted by Crippen LogP contribution is -2.40. The SMILES string of the molecule is O=C1/C(=C/c2cccc(F)c2)SC(=Nc2ccncc2Cl)N1C1CCCCC1. The Bertz CT molecular complexity index is 956. The second kappa shape index (κ2) is 8.45. The quantitative estimate of drug-likeness (QED) is 0.594. The van der Waals surface area contributed by atoms with E-state index in [2.05, 4.69) is 9.98 Å². The summed E-state index contributed by atoms with van der Waals surface area (Å²) in [4.78, 5) is 24.2. The third-order valence-corrected chi connectivity index (χ3v) is 6.16. The first kappa shape index (κ1) is 19.2. The third-order valence-electron chi connectivity index (χ3n) is 4.89. The van der Waals surface area contributed by atoms with Gasteiger partial charge in [-0.25, -0.2) is 9.38 Å². The predicted octanol–water partition coefficient (Wildman–Crippen LogP) is 5.81. The van der Waals surface area contributed by atoms with Gasteiger partial charge in [-0.15, -0.1) is 0 Å². The summed E-state index contributed by atoms with van der Waals surface area (Å²) in [6.07, 6.45) is 10.2. The van der Waals surface area contributed by atoms with E-state index in [9.17, 15) is 9.18 Å². The predicted molar refractivity (Wildman–Crippen MR) is 112 cm³/mol. The monoisotopic (exact) mass is 415 g/mol. The number of benzene rings is 1. The zero-order valence-electron chi connectivity index (χ0n) is 15.1. The fourth-order valence-corrected chi connectivity index (χ4v) is 4.75. The molecule has 4 rings (SSSR count). The number of amides is 1. The van der Waals surface area contributed by atoms with Gasteiger partial charge in [-0.05, 0) is 54.4 Å². The average molecular weight is 416 g/mol. The van der Waals surface area contributed by atoms with Crippen LogP contribution in [0.15, 0.2) is 52.6 Å². The lowest BCUT2D eigenvalue weighted by molar-refractivity contribution is -0.124. The topological polar surface area (TPSA) is 45.6 Å². The first-order chi connectivity index (χ1) is 13.6. The van der Waals surface area contributed by atoms with Crippen molar-refractivity contribution in [1.29, 1.82) is 0 Å². The lowest BCUT2D eigenvalue weighted by Gasteiger charge is -2.30. The Morgan fingerprint density at radius 3 is 2.82 bits per heavy atom. The Kier molecular flexibility index (Phi) is 5.78. The van der Waals surface area contributed by atoms with Crippen molar-refractivity contribution in [3.63, 3.8) is 0 Å². The van der Waals surface area contributed by atoms with E-state index in [1.165, 1.54) is 36.5 Å². The van der Waals surface area contributed by atoms with Crippen molar-refractivity contribution in [1.82, 2.24) is 9.88 Å². The van der Waals surface area contributed by atoms with Gasteiger partial charge in [0.15, 0.2) is 5.17 Å². The Labute approximate surface area is 172 Å². The molecule has 0 spiro atoms. The van der Waals surface area contributed by atoms with Crippen LogP contribution in [0.3, 0.4) is 0 Å². The number of hydrogen-bond donors (Lipinski definition) is 0. The molecule has 2 heterocycles. The van der Waals surface area contributed by atoms with E-state index in [1.54, 1.807) is 35.4 Å². The smallest absolute Gasteiger partial charge is 0.267 e. The molecule has 0 atom stereocenters. The van der Waals surface area contributed by atoms with Crippen LogP contribution < -0.4 is 0 Å². The maximum atomic E-state index is 13.5. The summed E-state index contributed by atoms with van der Waals surface area (Å²) in [7, 11) is 0. The van der Waals surface area contributed by atoms with Gasteiger partial charge in [0.25, 0.3) is 5.91 Å². The summed E-state index contributed by atoms with van der Waals surface area (Å²) < 4.78 is 13.5. The largest absolute Gasteiger partial charge is 0.283 e. The number of thioether (sulfide) groups is 1. The van der Waals surface area contributed by atoms with Crippen molar-refractivity contribution in [3.05, 3.63) is 64.0 Å². The average Bonchev–Trinajstić information content (AvgIpc) is 2.99. The van der Waals surface area contributed by atoms with E-state index in [4.69, 9.17) is 11.6 Å². The molecule has 4 nitrogen and oxygen atoms in total. The Morgan fingerprint density at radius 2 is 2.07 bits per heavy atom. The van der Waals surface area contributed by atoms with E-state index < -0.39 is 0 Å². The number of carbonyl (C=O) groups is 1. The van der Waals surface area contributed by atoms with E-state index >= 15 is 0 Å². The molecule has 0 radical (unpaired) electrons. The van der Waals surface area contributed by atoms with Crippen LogP contribution in [0.25, 0.3) is 6.08 Å². The minimum Gasteiger partial charge on any atom is -0.283 e. The first-order valence-corrected chi connectivity index (χ1v) is 10.5. The molecule has 1 saturated carbocycles. The van der Waals surface area contributed by atoms with Gasteiger partial charge >= 0.3 is 0 Å². The summed E-state index contributed by atoms with van der Waals surface area (Å²) in [5, 5.41) is 1.06. The first-order valence-electron chi connectivity index (χ1n) is 9.29. The van der Waals surface area contributed by atoms with Gasteiger partial charge in [-0.2, -0.15) is 0 Å². The summed E-state index contributed by atoms with van der Waals surface area (Å²) in [6, 6.07) is 8.08. The van der Waals surface area contributed by atoms with Crippen molar-refractivity contribution in [3.8, 4) is 0 Å². The number of halogens is 2. The van der Waals surface area contributed by atoms with E-state index in [0.717, 1.165) is 25.7 Å². The highest BCUT2D eigenvalue weighted by molar-refractivity contribution is 8.18. The third kappa shape index (κ3) is 4.13. The van der Waals surface area contributed by atoms with Crippen LogP contribution in [0.4, 0.5) is 10.1 Å². The van der Waals surface area contributed by atoms with E-state index in [1.807, 2.05) is 0 Å². The summed E-state index contributed by atoms with van der Waals surface area (Å²) in [5.41, 5.74) is 1.24. The number of carbonyl (C=O) groups excluding carboxylic acids is 1. The van der Waals surface area contributed by atoms with E-state index in [0.29, 0.717) is 26.3 Å². The molecule has 1 aromatic carbocycles. The second-order valence-electron chi connectivity index (χ2n) is 6.85. The second-order valence-corrected chi connectivity index (χ2v) is 8.27. The van der Waals surface area contributed by atoms with Crippen LogP contribution in [-0.2, 0) is 4.79 Å². The number of aliphatic imine (C=N–C) groups is 1. The lowest BCUT2D eigenvalue weighted by atomic mass is 9.94. The normalized spacial score (nSPS) is 21.1. The summed E-state index contributed by atoms with van der Waals surface area (Å²) in [5.74, 6) is -0.406. The van der Waals surface area contributed by atoms with Crippen LogP contribution in [0.5, 0.6) is 0 Å². The molecular weight excluding hydrogens is 397 g/mol. The highest BCUT2D eigenvalue weighted by Crippen LogP contribution is 2.39. The molecule has 7 heteroatoms. The van der Waals surface area contributed by atoms with Crippen molar-refractivity contribution >= 4 is 46.2 Å². The van der Waals surface area contributed by atoms with Gasteiger partial charge in [0.1, 0.15) is 5.82 Å². The highest BCUT2D eigenvalue weighted by atomic mass is 35.5. The fraction of sp³-hybridized carbons (Fsp3) is 0.286.